The summed E-state index contributed by atoms with van der Waals surface area (Å²) in [6.45, 7) is -0.0320. The third kappa shape index (κ3) is 4.53. The van der Waals surface area contributed by atoms with Gasteiger partial charge in [0.05, 0.1) is 6.20 Å². The van der Waals surface area contributed by atoms with E-state index in [-0.39, 0.29) is 23.8 Å². The molecule has 1 aromatic heterocycles. The van der Waals surface area contributed by atoms with Gasteiger partial charge in [0.2, 0.25) is 12.3 Å². The topological polar surface area (TPSA) is 109 Å². The Labute approximate surface area is 154 Å². The number of rotatable bonds is 6. The molecule has 8 nitrogen and oxygen atoms in total. The van der Waals surface area contributed by atoms with E-state index in [0.717, 1.165) is 0 Å². The Morgan fingerprint density at radius 3 is 2.74 bits per heavy atom. The molecule has 0 aliphatic heterocycles. The van der Waals surface area contributed by atoms with Crippen LogP contribution in [0.4, 0.5) is 5.69 Å². The molecule has 0 unspecified atom stereocenters. The van der Waals surface area contributed by atoms with Crippen molar-refractivity contribution in [3.63, 3.8) is 0 Å². The van der Waals surface area contributed by atoms with Crippen molar-refractivity contribution in [3.05, 3.63) is 94.9 Å². The van der Waals surface area contributed by atoms with E-state index >= 15 is 0 Å². The van der Waals surface area contributed by atoms with Crippen molar-refractivity contribution in [1.29, 1.82) is 0 Å². The van der Waals surface area contributed by atoms with Crippen LogP contribution in [0.5, 0.6) is 5.75 Å². The van der Waals surface area contributed by atoms with Crippen molar-refractivity contribution >= 4 is 17.4 Å². The molecule has 3 aromatic rings. The van der Waals surface area contributed by atoms with Gasteiger partial charge in [0, 0.05) is 16.2 Å². The standard InChI is InChI=1S/C19H14N5O3/c20-23-22-15-7-4-8-16(11-15)27-19(26)17-12-21-9-10-24(17)13-18(25)14-5-2-1-3-6-14/h1-12H,13H2/q+1. The van der Waals surface area contributed by atoms with Crippen LogP contribution in [0.3, 0.4) is 0 Å². The molecule has 8 heteroatoms. The van der Waals surface area contributed by atoms with Crippen LogP contribution < -0.4 is 9.30 Å². The first kappa shape index (κ1) is 17.8. The highest BCUT2D eigenvalue weighted by Gasteiger charge is 2.24. The highest BCUT2D eigenvalue weighted by Crippen LogP contribution is 2.20. The average Bonchev–Trinajstić information content (AvgIpc) is 2.69. The van der Waals surface area contributed by atoms with Gasteiger partial charge < -0.3 is 4.74 Å². The van der Waals surface area contributed by atoms with Gasteiger partial charge in [-0.2, -0.15) is 4.57 Å². The van der Waals surface area contributed by atoms with Gasteiger partial charge in [-0.1, -0.05) is 47.6 Å². The van der Waals surface area contributed by atoms with Gasteiger partial charge in [0.25, 0.3) is 0 Å². The molecule has 0 saturated carbocycles. The number of benzene rings is 2. The van der Waals surface area contributed by atoms with E-state index in [0.29, 0.717) is 11.3 Å². The second kappa shape index (κ2) is 8.37. The Balaban J connectivity index is 1.81. The number of esters is 1. The van der Waals surface area contributed by atoms with Gasteiger partial charge in [0.1, 0.15) is 11.9 Å². The summed E-state index contributed by atoms with van der Waals surface area (Å²) in [6.07, 6.45) is 4.35. The SMILES string of the molecule is [N-]=[N+]=Nc1cccc(OC(=O)c2cncc[n+]2CC(=O)c2ccccc2)c1. The molecule has 0 atom stereocenters. The molecular formula is C19H14N5O3+. The fraction of sp³-hybridized carbons (Fsp3) is 0.0526. The molecule has 0 aliphatic rings. The summed E-state index contributed by atoms with van der Waals surface area (Å²) in [4.78, 5) is 31.6. The summed E-state index contributed by atoms with van der Waals surface area (Å²) in [7, 11) is 0. The average molecular weight is 360 g/mol. The monoisotopic (exact) mass is 360 g/mol. The van der Waals surface area contributed by atoms with E-state index in [9.17, 15) is 9.59 Å². The number of ether oxygens (including phenoxy) is 1. The summed E-state index contributed by atoms with van der Waals surface area (Å²) in [5.41, 5.74) is 9.48. The number of hydrogen-bond donors (Lipinski definition) is 0. The molecule has 0 aliphatic carbocycles. The summed E-state index contributed by atoms with van der Waals surface area (Å²) >= 11 is 0. The zero-order chi connectivity index (χ0) is 19.1. The molecule has 0 spiro atoms. The zero-order valence-electron chi connectivity index (χ0n) is 14.1. The quantitative estimate of drug-likeness (QED) is 0.128. The second-order valence-corrected chi connectivity index (χ2v) is 5.45. The highest BCUT2D eigenvalue weighted by molar-refractivity contribution is 5.95. The van der Waals surface area contributed by atoms with Crippen molar-refractivity contribution in [3.8, 4) is 5.75 Å². The van der Waals surface area contributed by atoms with Gasteiger partial charge in [-0.25, -0.2) is 4.79 Å². The maximum absolute atomic E-state index is 12.5. The minimum absolute atomic E-state index is 0.0320. The minimum atomic E-state index is -0.679. The Morgan fingerprint density at radius 2 is 1.96 bits per heavy atom. The Morgan fingerprint density at radius 1 is 1.15 bits per heavy atom. The maximum atomic E-state index is 12.5. The predicted octanol–water partition coefficient (Wildman–Crippen LogP) is 3.41. The van der Waals surface area contributed by atoms with Gasteiger partial charge in [-0.3, -0.25) is 9.78 Å². The molecule has 27 heavy (non-hydrogen) atoms. The molecule has 0 fully saturated rings. The molecule has 2 aromatic carbocycles. The van der Waals surface area contributed by atoms with Gasteiger partial charge >= 0.3 is 11.7 Å². The molecule has 0 bridgehead atoms. The molecule has 0 amide bonds. The summed E-state index contributed by atoms with van der Waals surface area (Å²) in [5.74, 6) is -0.608. The molecule has 0 radical (unpaired) electrons. The van der Waals surface area contributed by atoms with Crippen LogP contribution in [0.15, 0.2) is 78.3 Å². The third-order valence-corrected chi connectivity index (χ3v) is 3.65. The van der Waals surface area contributed by atoms with E-state index in [1.165, 1.54) is 29.2 Å². The number of aromatic nitrogens is 2. The number of Topliss-reactive ketones (excluding diaryl/α,β-unsaturated/α-hetero) is 1. The molecule has 132 valence electrons. The number of carbonyl (C=O) groups is 2. The Hall–Kier alpha value is -4.03. The smallest absolute Gasteiger partial charge is 0.410 e. The number of hydrogen-bond acceptors (Lipinski definition) is 5. The number of carbonyl (C=O) groups excluding carboxylic acids is 2. The van der Waals surface area contributed by atoms with E-state index in [1.807, 2.05) is 6.07 Å². The van der Waals surface area contributed by atoms with Crippen molar-refractivity contribution in [1.82, 2.24) is 4.98 Å². The molecule has 0 N–H and O–H groups in total. The third-order valence-electron chi connectivity index (χ3n) is 3.65. The number of azide groups is 1. The summed E-state index contributed by atoms with van der Waals surface area (Å²) < 4.78 is 6.80. The lowest BCUT2D eigenvalue weighted by Crippen LogP contribution is -2.44. The van der Waals surface area contributed by atoms with Crippen LogP contribution in [0, 0.1) is 0 Å². The van der Waals surface area contributed by atoms with Crippen LogP contribution in [0.2, 0.25) is 0 Å². The highest BCUT2D eigenvalue weighted by atomic mass is 16.5. The van der Waals surface area contributed by atoms with E-state index in [4.69, 9.17) is 10.3 Å². The van der Waals surface area contributed by atoms with Crippen LogP contribution >= 0.6 is 0 Å². The maximum Gasteiger partial charge on any atom is 0.410 e. The zero-order valence-corrected chi connectivity index (χ0v) is 14.1. The summed E-state index contributed by atoms with van der Waals surface area (Å²) in [6, 6.07) is 15.0. The van der Waals surface area contributed by atoms with Crippen molar-refractivity contribution in [2.24, 2.45) is 5.11 Å². The second-order valence-electron chi connectivity index (χ2n) is 5.45. The molecular weight excluding hydrogens is 346 g/mol. The van der Waals surface area contributed by atoms with E-state index < -0.39 is 5.97 Å². The Bertz CT molecular complexity index is 1030. The normalized spacial score (nSPS) is 9.93. The van der Waals surface area contributed by atoms with Crippen molar-refractivity contribution < 1.29 is 18.9 Å². The van der Waals surface area contributed by atoms with Gasteiger partial charge in [-0.15, -0.1) is 0 Å². The first-order valence-electron chi connectivity index (χ1n) is 7.96. The van der Waals surface area contributed by atoms with E-state index in [1.54, 1.807) is 42.5 Å². The lowest BCUT2D eigenvalue weighted by Gasteiger charge is -2.05. The lowest BCUT2D eigenvalue weighted by molar-refractivity contribution is -0.686. The van der Waals surface area contributed by atoms with Crippen LogP contribution in [0.25, 0.3) is 10.4 Å². The van der Waals surface area contributed by atoms with Crippen LogP contribution in [0.1, 0.15) is 20.8 Å². The number of ketones is 1. The fourth-order valence-corrected chi connectivity index (χ4v) is 2.39. The lowest BCUT2D eigenvalue weighted by atomic mass is 10.1. The van der Waals surface area contributed by atoms with Crippen LogP contribution in [-0.4, -0.2) is 16.7 Å². The number of nitrogens with zero attached hydrogens (tertiary/aromatic N) is 5. The van der Waals surface area contributed by atoms with Crippen LogP contribution in [-0.2, 0) is 6.54 Å². The Kier molecular flexibility index (Phi) is 5.51. The first-order valence-corrected chi connectivity index (χ1v) is 7.96. The predicted molar refractivity (Wildman–Crippen MR) is 95.4 cm³/mol. The molecule has 1 heterocycles. The van der Waals surface area contributed by atoms with Crippen molar-refractivity contribution in [2.75, 3.05) is 0 Å². The van der Waals surface area contributed by atoms with E-state index in [2.05, 4.69) is 15.0 Å². The van der Waals surface area contributed by atoms with Gasteiger partial charge in [-0.05, 0) is 17.7 Å². The minimum Gasteiger partial charge on any atom is -0.419 e. The largest absolute Gasteiger partial charge is 0.419 e. The molecule has 3 rings (SSSR count). The summed E-state index contributed by atoms with van der Waals surface area (Å²) in [5, 5.41) is 3.46. The van der Waals surface area contributed by atoms with Crippen molar-refractivity contribution in [2.45, 2.75) is 6.54 Å². The van der Waals surface area contributed by atoms with Gasteiger partial charge in [0.15, 0.2) is 6.20 Å². The first-order chi connectivity index (χ1) is 13.2. The molecule has 0 saturated heterocycles. The fourth-order valence-electron chi connectivity index (χ4n) is 2.39.